The predicted octanol–water partition coefficient (Wildman–Crippen LogP) is 3.35. The van der Waals surface area contributed by atoms with Crippen molar-refractivity contribution in [3.8, 4) is 0 Å². The molecule has 0 aliphatic rings. The smallest absolute Gasteiger partial charge is 0.312 e. The fourth-order valence-corrected chi connectivity index (χ4v) is 5.62. The van der Waals surface area contributed by atoms with Crippen molar-refractivity contribution < 1.29 is 32.1 Å². The van der Waals surface area contributed by atoms with Gasteiger partial charge in [-0.2, -0.15) is 0 Å². The van der Waals surface area contributed by atoms with Gasteiger partial charge >= 0.3 is 15.4 Å². The molecule has 0 aromatic carbocycles. The lowest BCUT2D eigenvalue weighted by molar-refractivity contribution is 0.103. The molecular formula is C16H30N2O7P2. The minimum atomic E-state index is -4.27. The summed E-state index contributed by atoms with van der Waals surface area (Å²) in [7, 11) is -7.87. The fourth-order valence-electron chi connectivity index (χ4n) is 2.46. The van der Waals surface area contributed by atoms with Crippen LogP contribution in [0.4, 0.5) is 0 Å². The molecule has 156 valence electrons. The highest BCUT2D eigenvalue weighted by Crippen LogP contribution is 2.56. The Labute approximate surface area is 160 Å². The Hall–Kier alpha value is -0.630. The normalized spacial score (nSPS) is 16.6. The first-order chi connectivity index (χ1) is 12.8. The Morgan fingerprint density at radius 3 is 2.30 bits per heavy atom. The van der Waals surface area contributed by atoms with Crippen LogP contribution in [0.2, 0.25) is 0 Å². The second-order valence-corrected chi connectivity index (χ2v) is 9.30. The van der Waals surface area contributed by atoms with Crippen LogP contribution >= 0.6 is 15.4 Å². The first kappa shape index (κ1) is 24.4. The maximum absolute atomic E-state index is 13.3. The fraction of sp³-hybridized carbons (Fsp3) is 0.688. The SMILES string of the molecule is CCOP(=O)(O)OC(C)C(CNCc1cccnc1)P(=O)(OCC)OCC. The monoisotopic (exact) mass is 424 g/mol. The standard InChI is InChI=1S/C16H30N2O7P2/c1-5-22-26(19,23-6-2)16(14(4)25-27(20,21)24-7-3)13-18-12-15-9-8-10-17-11-15/h8-11,14,16,18H,5-7,12-13H2,1-4H3,(H,20,21). The number of phosphoric ester groups is 1. The van der Waals surface area contributed by atoms with Crippen molar-refractivity contribution in [1.29, 1.82) is 0 Å². The lowest BCUT2D eigenvalue weighted by Gasteiger charge is -2.31. The van der Waals surface area contributed by atoms with Crippen LogP contribution in [0.5, 0.6) is 0 Å². The maximum Gasteiger partial charge on any atom is 0.472 e. The molecule has 0 amide bonds. The third-order valence-electron chi connectivity index (χ3n) is 3.56. The van der Waals surface area contributed by atoms with E-state index in [9.17, 15) is 14.0 Å². The highest BCUT2D eigenvalue weighted by molar-refractivity contribution is 7.54. The molecule has 0 saturated carbocycles. The summed E-state index contributed by atoms with van der Waals surface area (Å²) in [6.07, 6.45) is 2.47. The molecule has 9 nitrogen and oxygen atoms in total. The molecule has 1 rings (SSSR count). The minimum Gasteiger partial charge on any atom is -0.312 e. The largest absolute Gasteiger partial charge is 0.472 e. The summed E-state index contributed by atoms with van der Waals surface area (Å²) in [4.78, 5) is 13.8. The summed E-state index contributed by atoms with van der Waals surface area (Å²) >= 11 is 0. The second-order valence-electron chi connectivity index (χ2n) is 5.63. The van der Waals surface area contributed by atoms with E-state index in [-0.39, 0.29) is 26.4 Å². The third-order valence-corrected chi connectivity index (χ3v) is 7.40. The van der Waals surface area contributed by atoms with Gasteiger partial charge in [-0.1, -0.05) is 6.07 Å². The number of nitrogens with one attached hydrogen (secondary N) is 1. The summed E-state index contributed by atoms with van der Waals surface area (Å²) in [5.74, 6) is 0. The topological polar surface area (TPSA) is 116 Å². The van der Waals surface area contributed by atoms with Gasteiger partial charge in [0.25, 0.3) is 0 Å². The molecule has 3 atom stereocenters. The number of pyridine rings is 1. The summed E-state index contributed by atoms with van der Waals surface area (Å²) in [6.45, 7) is 7.54. The number of phosphoric acid groups is 1. The molecule has 27 heavy (non-hydrogen) atoms. The molecule has 0 aliphatic heterocycles. The molecule has 0 spiro atoms. The van der Waals surface area contributed by atoms with Gasteiger partial charge in [0.05, 0.1) is 25.9 Å². The van der Waals surface area contributed by atoms with Gasteiger partial charge in [0.15, 0.2) is 0 Å². The quantitative estimate of drug-likeness (QED) is 0.434. The molecule has 3 unspecified atom stereocenters. The van der Waals surface area contributed by atoms with Crippen LogP contribution in [-0.4, -0.2) is 48.0 Å². The highest BCUT2D eigenvalue weighted by atomic mass is 31.2. The van der Waals surface area contributed by atoms with Crippen molar-refractivity contribution in [2.45, 2.75) is 46.0 Å². The van der Waals surface area contributed by atoms with Gasteiger partial charge in [0.2, 0.25) is 0 Å². The predicted molar refractivity (Wildman–Crippen MR) is 103 cm³/mol. The van der Waals surface area contributed by atoms with Gasteiger partial charge in [0, 0.05) is 25.5 Å². The van der Waals surface area contributed by atoms with Crippen LogP contribution in [0.15, 0.2) is 24.5 Å². The Kier molecular flexibility index (Phi) is 10.9. The van der Waals surface area contributed by atoms with Crippen LogP contribution in [0, 0.1) is 0 Å². The van der Waals surface area contributed by atoms with E-state index in [2.05, 4.69) is 10.3 Å². The first-order valence-corrected chi connectivity index (χ1v) is 12.0. The van der Waals surface area contributed by atoms with Crippen molar-refractivity contribution in [2.24, 2.45) is 0 Å². The van der Waals surface area contributed by atoms with Gasteiger partial charge < -0.3 is 19.3 Å². The molecular weight excluding hydrogens is 394 g/mol. The van der Waals surface area contributed by atoms with Crippen LogP contribution in [0.25, 0.3) is 0 Å². The van der Waals surface area contributed by atoms with Gasteiger partial charge in [-0.3, -0.25) is 18.6 Å². The number of nitrogens with zero attached hydrogens (tertiary/aromatic N) is 1. The molecule has 11 heteroatoms. The van der Waals surface area contributed by atoms with Crippen LogP contribution < -0.4 is 5.32 Å². The van der Waals surface area contributed by atoms with Crippen molar-refractivity contribution >= 4 is 15.4 Å². The van der Waals surface area contributed by atoms with E-state index in [0.717, 1.165) is 5.56 Å². The van der Waals surface area contributed by atoms with Gasteiger partial charge in [-0.25, -0.2) is 4.57 Å². The number of rotatable bonds is 14. The Bertz CT molecular complexity index is 622. The van der Waals surface area contributed by atoms with Gasteiger partial charge in [-0.15, -0.1) is 0 Å². The average Bonchev–Trinajstić information content (AvgIpc) is 2.59. The molecule has 0 bridgehead atoms. The highest BCUT2D eigenvalue weighted by Gasteiger charge is 2.42. The summed E-state index contributed by atoms with van der Waals surface area (Å²) in [5.41, 5.74) is 0.129. The van der Waals surface area contributed by atoms with Gasteiger partial charge in [0.1, 0.15) is 5.66 Å². The van der Waals surface area contributed by atoms with E-state index in [4.69, 9.17) is 18.1 Å². The minimum absolute atomic E-state index is 0.0129. The van der Waals surface area contributed by atoms with E-state index in [1.54, 1.807) is 40.1 Å². The lowest BCUT2D eigenvalue weighted by Crippen LogP contribution is -2.37. The van der Waals surface area contributed by atoms with E-state index in [0.29, 0.717) is 6.54 Å². The van der Waals surface area contributed by atoms with Crippen LogP contribution in [0.3, 0.4) is 0 Å². The van der Waals surface area contributed by atoms with Crippen molar-refractivity contribution in [2.75, 3.05) is 26.4 Å². The van der Waals surface area contributed by atoms with Crippen molar-refractivity contribution in [1.82, 2.24) is 10.3 Å². The molecule has 1 aromatic rings. The molecule has 0 aliphatic carbocycles. The summed E-state index contributed by atoms with van der Waals surface area (Å²) in [6, 6.07) is 3.71. The zero-order valence-electron chi connectivity index (χ0n) is 16.2. The molecule has 1 aromatic heterocycles. The second kappa shape index (κ2) is 12.0. The zero-order chi connectivity index (χ0) is 20.3. The van der Waals surface area contributed by atoms with Crippen LogP contribution in [-0.2, 0) is 33.8 Å². The van der Waals surface area contributed by atoms with Gasteiger partial charge in [-0.05, 0) is 39.3 Å². The summed E-state index contributed by atoms with van der Waals surface area (Å²) < 4.78 is 46.0. The molecule has 2 N–H and O–H groups in total. The maximum atomic E-state index is 13.3. The Morgan fingerprint density at radius 2 is 1.78 bits per heavy atom. The zero-order valence-corrected chi connectivity index (χ0v) is 18.0. The van der Waals surface area contributed by atoms with Crippen molar-refractivity contribution in [3.05, 3.63) is 30.1 Å². The molecule has 0 radical (unpaired) electrons. The van der Waals surface area contributed by atoms with Crippen molar-refractivity contribution in [3.63, 3.8) is 0 Å². The summed E-state index contributed by atoms with van der Waals surface area (Å²) in [5, 5.41) is 3.16. The number of hydrogen-bond donors (Lipinski definition) is 2. The molecule has 0 fully saturated rings. The van der Waals surface area contributed by atoms with E-state index >= 15 is 0 Å². The Balaban J connectivity index is 2.92. The lowest BCUT2D eigenvalue weighted by atomic mass is 10.2. The van der Waals surface area contributed by atoms with E-state index in [1.165, 1.54) is 0 Å². The first-order valence-electron chi connectivity index (χ1n) is 8.92. The third kappa shape index (κ3) is 8.50. The van der Waals surface area contributed by atoms with Crippen LogP contribution in [0.1, 0.15) is 33.3 Å². The molecule has 1 heterocycles. The van der Waals surface area contributed by atoms with E-state index < -0.39 is 27.2 Å². The van der Waals surface area contributed by atoms with E-state index in [1.807, 2.05) is 12.1 Å². The Morgan fingerprint density at radius 1 is 1.15 bits per heavy atom. The number of aromatic nitrogens is 1. The average molecular weight is 424 g/mol. The molecule has 0 saturated heterocycles. The number of hydrogen-bond acceptors (Lipinski definition) is 8.